The third-order valence-electron chi connectivity index (χ3n) is 3.85. The van der Waals surface area contributed by atoms with Crippen LogP contribution in [0.25, 0.3) is 0 Å². The van der Waals surface area contributed by atoms with Gasteiger partial charge in [-0.1, -0.05) is 25.5 Å². The lowest BCUT2D eigenvalue weighted by atomic mass is 9.72. The Bertz CT molecular complexity index is 397. The summed E-state index contributed by atoms with van der Waals surface area (Å²) in [6.45, 7) is 12.5. The predicted molar refractivity (Wildman–Crippen MR) is 78.9 cm³/mol. The maximum Gasteiger partial charge on any atom is 0.184 e. The molecule has 1 aliphatic carbocycles. The van der Waals surface area contributed by atoms with Crippen LogP contribution in [0.3, 0.4) is 0 Å². The average Bonchev–Trinajstić information content (AvgIpc) is 2.25. The summed E-state index contributed by atoms with van der Waals surface area (Å²) in [5, 5.41) is 11.8. The molecule has 0 amide bonds. The Morgan fingerprint density at radius 3 is 2.50 bits per heavy atom. The van der Waals surface area contributed by atoms with E-state index in [-0.39, 0.29) is 11.5 Å². The molecule has 0 aromatic rings. The molecule has 0 aromatic carbocycles. The first kappa shape index (κ1) is 15.0. The molecule has 0 saturated carbocycles. The number of hydrogen-bond acceptors (Lipinski definition) is 1. The predicted octanol–water partition coefficient (Wildman–Crippen LogP) is 4.45. The van der Waals surface area contributed by atoms with E-state index in [0.717, 1.165) is 10.5 Å². The molecule has 0 saturated heterocycles. The Morgan fingerprint density at radius 2 is 2.00 bits per heavy atom. The quantitative estimate of drug-likeness (QED) is 0.314. The topological polar surface area (TPSA) is 26.1 Å². The first-order valence-electron chi connectivity index (χ1n) is 6.94. The van der Waals surface area contributed by atoms with Crippen LogP contribution < -0.4 is 0 Å². The zero-order chi connectivity index (χ0) is 13.9. The molecule has 18 heavy (non-hydrogen) atoms. The SMILES string of the molecule is CC1=C(C=CC(C)=[N+]([O-])C(C)C)C(C)(C)CCC1. The summed E-state index contributed by atoms with van der Waals surface area (Å²) in [7, 11) is 0. The number of rotatable bonds is 3. The van der Waals surface area contributed by atoms with E-state index < -0.39 is 0 Å². The molecule has 102 valence electrons. The van der Waals surface area contributed by atoms with Gasteiger partial charge in [-0.05, 0) is 51.0 Å². The summed E-state index contributed by atoms with van der Waals surface area (Å²) >= 11 is 0. The van der Waals surface area contributed by atoms with Gasteiger partial charge >= 0.3 is 0 Å². The highest BCUT2D eigenvalue weighted by Crippen LogP contribution is 2.40. The van der Waals surface area contributed by atoms with E-state index in [9.17, 15) is 5.21 Å². The lowest BCUT2D eigenvalue weighted by molar-refractivity contribution is -0.491. The van der Waals surface area contributed by atoms with Crippen LogP contribution in [0.15, 0.2) is 23.3 Å². The molecule has 0 bridgehead atoms. The molecule has 0 N–H and O–H groups in total. The van der Waals surface area contributed by atoms with Gasteiger partial charge in [0.25, 0.3) is 0 Å². The van der Waals surface area contributed by atoms with Crippen molar-refractivity contribution in [2.45, 2.75) is 66.8 Å². The Labute approximate surface area is 112 Å². The lowest BCUT2D eigenvalue weighted by Crippen LogP contribution is -2.21. The van der Waals surface area contributed by atoms with Crippen LogP contribution in [-0.4, -0.2) is 16.5 Å². The summed E-state index contributed by atoms with van der Waals surface area (Å²) in [5.41, 5.74) is 3.90. The second kappa shape index (κ2) is 5.73. The van der Waals surface area contributed by atoms with Crippen molar-refractivity contribution in [2.75, 3.05) is 0 Å². The van der Waals surface area contributed by atoms with Crippen LogP contribution in [0.4, 0.5) is 0 Å². The average molecular weight is 249 g/mol. The summed E-state index contributed by atoms with van der Waals surface area (Å²) in [6.07, 6.45) is 7.82. The summed E-state index contributed by atoms with van der Waals surface area (Å²) < 4.78 is 1.07. The molecule has 0 aromatic heterocycles. The van der Waals surface area contributed by atoms with E-state index in [1.54, 1.807) is 0 Å². The van der Waals surface area contributed by atoms with Gasteiger partial charge in [-0.3, -0.25) is 0 Å². The van der Waals surface area contributed by atoms with E-state index in [2.05, 4.69) is 26.8 Å². The smallest absolute Gasteiger partial charge is 0.184 e. The second-order valence-corrected chi connectivity index (χ2v) is 6.33. The van der Waals surface area contributed by atoms with Crippen LogP contribution >= 0.6 is 0 Å². The third-order valence-corrected chi connectivity index (χ3v) is 3.85. The molecule has 0 fully saturated rings. The monoisotopic (exact) mass is 249 g/mol. The van der Waals surface area contributed by atoms with Gasteiger partial charge in [-0.25, -0.2) is 4.74 Å². The van der Waals surface area contributed by atoms with Gasteiger partial charge in [-0.15, -0.1) is 0 Å². The van der Waals surface area contributed by atoms with Crippen molar-refractivity contribution >= 4 is 5.71 Å². The Hall–Kier alpha value is -1.05. The fourth-order valence-electron chi connectivity index (χ4n) is 2.70. The first-order valence-corrected chi connectivity index (χ1v) is 6.94. The number of nitrogens with zero attached hydrogens (tertiary/aromatic N) is 1. The van der Waals surface area contributed by atoms with Gasteiger partial charge in [-0.2, -0.15) is 0 Å². The first-order chi connectivity index (χ1) is 8.25. The third kappa shape index (κ3) is 3.47. The van der Waals surface area contributed by atoms with Crippen molar-refractivity contribution in [3.8, 4) is 0 Å². The molecular weight excluding hydrogens is 222 g/mol. The summed E-state index contributed by atoms with van der Waals surface area (Å²) in [6, 6.07) is 0.00379. The molecule has 1 aliphatic rings. The van der Waals surface area contributed by atoms with Crippen LogP contribution in [-0.2, 0) is 0 Å². The molecule has 1 rings (SSSR count). The fourth-order valence-corrected chi connectivity index (χ4v) is 2.70. The molecule has 0 spiro atoms. The Morgan fingerprint density at radius 1 is 1.39 bits per heavy atom. The van der Waals surface area contributed by atoms with Gasteiger partial charge < -0.3 is 5.21 Å². The van der Waals surface area contributed by atoms with Crippen molar-refractivity contribution in [3.63, 3.8) is 0 Å². The number of allylic oxidation sites excluding steroid dienone is 4. The highest BCUT2D eigenvalue weighted by Gasteiger charge is 2.26. The molecule has 0 heterocycles. The fraction of sp³-hybridized carbons (Fsp3) is 0.688. The minimum absolute atomic E-state index is 0.00379. The molecule has 0 atom stereocenters. The number of hydroxylamine groups is 1. The van der Waals surface area contributed by atoms with Gasteiger partial charge in [0, 0.05) is 13.0 Å². The van der Waals surface area contributed by atoms with Crippen molar-refractivity contribution in [1.82, 2.24) is 0 Å². The van der Waals surface area contributed by atoms with Crippen molar-refractivity contribution < 1.29 is 4.74 Å². The second-order valence-electron chi connectivity index (χ2n) is 6.33. The van der Waals surface area contributed by atoms with Gasteiger partial charge in [0.15, 0.2) is 11.8 Å². The van der Waals surface area contributed by atoms with Crippen LogP contribution in [0.5, 0.6) is 0 Å². The molecule has 2 heteroatoms. The van der Waals surface area contributed by atoms with Crippen molar-refractivity contribution in [3.05, 3.63) is 28.5 Å². The summed E-state index contributed by atoms with van der Waals surface area (Å²) in [4.78, 5) is 0. The Balaban J connectivity index is 3.00. The highest BCUT2D eigenvalue weighted by atomic mass is 16.5. The highest BCUT2D eigenvalue weighted by molar-refractivity contribution is 5.89. The zero-order valence-electron chi connectivity index (χ0n) is 12.7. The largest absolute Gasteiger partial charge is 0.623 e. The van der Waals surface area contributed by atoms with Gasteiger partial charge in [0.05, 0.1) is 0 Å². The molecule has 0 radical (unpaired) electrons. The van der Waals surface area contributed by atoms with Crippen LogP contribution in [0.2, 0.25) is 0 Å². The zero-order valence-corrected chi connectivity index (χ0v) is 12.7. The van der Waals surface area contributed by atoms with E-state index in [1.807, 2.05) is 26.8 Å². The van der Waals surface area contributed by atoms with Gasteiger partial charge in [0.2, 0.25) is 0 Å². The van der Waals surface area contributed by atoms with E-state index in [1.165, 1.54) is 30.4 Å². The van der Waals surface area contributed by atoms with E-state index in [4.69, 9.17) is 0 Å². The van der Waals surface area contributed by atoms with Crippen LogP contribution in [0, 0.1) is 10.6 Å². The van der Waals surface area contributed by atoms with Gasteiger partial charge in [0.1, 0.15) is 0 Å². The molecular formula is C16H27NO. The standard InChI is InChI=1S/C16H27NO/c1-12(2)17(18)14(4)9-10-15-13(3)8-7-11-16(15,5)6/h9-10,12H,7-8,11H2,1-6H3. The molecule has 2 nitrogen and oxygen atoms in total. The minimum Gasteiger partial charge on any atom is -0.623 e. The molecule has 0 aliphatic heterocycles. The lowest BCUT2D eigenvalue weighted by Gasteiger charge is -2.32. The van der Waals surface area contributed by atoms with Crippen LogP contribution in [0.1, 0.15) is 60.8 Å². The maximum absolute atomic E-state index is 11.8. The number of hydrogen-bond donors (Lipinski definition) is 0. The van der Waals surface area contributed by atoms with Crippen molar-refractivity contribution in [1.29, 1.82) is 0 Å². The molecule has 0 unspecified atom stereocenters. The minimum atomic E-state index is 0.00379. The summed E-state index contributed by atoms with van der Waals surface area (Å²) in [5.74, 6) is 0. The maximum atomic E-state index is 11.8. The normalized spacial score (nSPS) is 21.7. The van der Waals surface area contributed by atoms with E-state index in [0.29, 0.717) is 0 Å². The Kier molecular flexibility index (Phi) is 4.78. The van der Waals surface area contributed by atoms with E-state index >= 15 is 0 Å². The van der Waals surface area contributed by atoms with Crippen molar-refractivity contribution in [2.24, 2.45) is 5.41 Å².